The number of nitrogens with zero attached hydrogens (tertiary/aromatic N) is 1. The van der Waals surface area contributed by atoms with E-state index in [4.69, 9.17) is 10.8 Å². The number of rotatable bonds is 6. The summed E-state index contributed by atoms with van der Waals surface area (Å²) in [6, 6.07) is 6.28. The van der Waals surface area contributed by atoms with Crippen LogP contribution in [0.1, 0.15) is 49.0 Å². The first kappa shape index (κ1) is 19.8. The minimum Gasteiger partial charge on any atom is -0.478 e. The molecular weight excluding hydrogens is 334 g/mol. The second-order valence-corrected chi connectivity index (χ2v) is 7.57. The van der Waals surface area contributed by atoms with Crippen LogP contribution in [0.25, 0.3) is 0 Å². The summed E-state index contributed by atoms with van der Waals surface area (Å²) in [4.78, 5) is 36.6. The Hall–Kier alpha value is -2.57. The predicted molar refractivity (Wildman–Crippen MR) is 97.5 cm³/mol. The zero-order valence-electron chi connectivity index (χ0n) is 15.3. The number of carbonyl (C=O) groups is 3. The summed E-state index contributed by atoms with van der Waals surface area (Å²) < 4.78 is 0. The molecule has 1 heterocycles. The minimum absolute atomic E-state index is 0.145. The van der Waals surface area contributed by atoms with Crippen molar-refractivity contribution in [3.05, 3.63) is 35.4 Å². The molecule has 1 aromatic carbocycles. The topological polar surface area (TPSA) is 113 Å². The Bertz CT molecular complexity index is 670. The molecule has 0 radical (unpaired) electrons. The Kier molecular flexibility index (Phi) is 6.23. The first-order valence-corrected chi connectivity index (χ1v) is 8.84. The van der Waals surface area contributed by atoms with E-state index in [1.165, 1.54) is 12.1 Å². The maximum absolute atomic E-state index is 12.4. The van der Waals surface area contributed by atoms with Crippen molar-refractivity contribution in [1.29, 1.82) is 0 Å². The standard InChI is InChI=1S/C19H27N3O4/c1-19(2,17(20)25)10-14-4-3-9-22(12-14)18(26)21-11-13-5-7-15(8-6-13)16(23)24/h5-8,14H,3-4,9-12H2,1-2H3,(H2,20,25)(H,21,26)(H,23,24). The molecule has 4 N–H and O–H groups in total. The number of hydrogen-bond acceptors (Lipinski definition) is 3. The highest BCUT2D eigenvalue weighted by Crippen LogP contribution is 2.30. The SMILES string of the molecule is CC(C)(CC1CCCN(C(=O)NCc2ccc(C(=O)O)cc2)C1)C(N)=O. The van der Waals surface area contributed by atoms with Gasteiger partial charge in [0.1, 0.15) is 0 Å². The molecule has 0 aromatic heterocycles. The second-order valence-electron chi connectivity index (χ2n) is 7.57. The van der Waals surface area contributed by atoms with E-state index in [0.29, 0.717) is 26.1 Å². The number of piperidine rings is 1. The number of benzene rings is 1. The van der Waals surface area contributed by atoms with E-state index in [-0.39, 0.29) is 23.4 Å². The van der Waals surface area contributed by atoms with Crippen LogP contribution in [0.5, 0.6) is 0 Å². The fourth-order valence-electron chi connectivity index (χ4n) is 3.29. The van der Waals surface area contributed by atoms with E-state index >= 15 is 0 Å². The number of carbonyl (C=O) groups excluding carboxylic acids is 2. The van der Waals surface area contributed by atoms with Gasteiger partial charge in [-0.1, -0.05) is 26.0 Å². The number of carboxylic acid groups (broad SMARTS) is 1. The van der Waals surface area contributed by atoms with Crippen molar-refractivity contribution in [2.24, 2.45) is 17.1 Å². The van der Waals surface area contributed by atoms with Gasteiger partial charge < -0.3 is 21.1 Å². The molecule has 1 atom stereocenters. The van der Waals surface area contributed by atoms with Crippen LogP contribution in [0.15, 0.2) is 24.3 Å². The van der Waals surface area contributed by atoms with E-state index in [2.05, 4.69) is 5.32 Å². The Morgan fingerprint density at radius 3 is 2.50 bits per heavy atom. The lowest BCUT2D eigenvalue weighted by atomic mass is 9.79. The number of nitrogens with two attached hydrogens (primary N) is 1. The normalized spacial score (nSPS) is 17.6. The molecule has 0 bridgehead atoms. The predicted octanol–water partition coefficient (Wildman–Crippen LogP) is 2.21. The third kappa shape index (κ3) is 5.21. The van der Waals surface area contributed by atoms with Gasteiger partial charge in [-0.3, -0.25) is 4.79 Å². The van der Waals surface area contributed by atoms with Gasteiger partial charge in [-0.2, -0.15) is 0 Å². The molecule has 7 heteroatoms. The highest BCUT2D eigenvalue weighted by atomic mass is 16.4. The monoisotopic (exact) mass is 361 g/mol. The lowest BCUT2D eigenvalue weighted by Gasteiger charge is -2.36. The maximum atomic E-state index is 12.4. The van der Waals surface area contributed by atoms with Crippen LogP contribution in [0.2, 0.25) is 0 Å². The first-order chi connectivity index (χ1) is 12.2. The number of aromatic carboxylic acids is 1. The molecule has 0 saturated carbocycles. The fraction of sp³-hybridized carbons (Fsp3) is 0.526. The van der Waals surface area contributed by atoms with Gasteiger partial charge in [0.15, 0.2) is 0 Å². The highest BCUT2D eigenvalue weighted by molar-refractivity contribution is 5.87. The lowest BCUT2D eigenvalue weighted by Crippen LogP contribution is -2.46. The number of urea groups is 1. The van der Waals surface area contributed by atoms with Gasteiger partial charge in [0, 0.05) is 25.0 Å². The van der Waals surface area contributed by atoms with Crippen LogP contribution in [0.4, 0.5) is 4.79 Å². The van der Waals surface area contributed by atoms with Gasteiger partial charge >= 0.3 is 12.0 Å². The quantitative estimate of drug-likeness (QED) is 0.721. The van der Waals surface area contributed by atoms with Crippen LogP contribution < -0.4 is 11.1 Å². The minimum atomic E-state index is -0.973. The van der Waals surface area contributed by atoms with Crippen molar-refractivity contribution >= 4 is 17.9 Å². The number of amides is 3. The zero-order chi connectivity index (χ0) is 19.3. The van der Waals surface area contributed by atoms with E-state index in [1.54, 1.807) is 17.0 Å². The molecule has 1 aliphatic rings. The number of carboxylic acids is 1. The smallest absolute Gasteiger partial charge is 0.335 e. The summed E-state index contributed by atoms with van der Waals surface area (Å²) in [7, 11) is 0. The van der Waals surface area contributed by atoms with Crippen molar-refractivity contribution in [2.75, 3.05) is 13.1 Å². The Balaban J connectivity index is 1.86. The number of nitrogens with one attached hydrogen (secondary N) is 1. The van der Waals surface area contributed by atoms with Crippen LogP contribution in [0, 0.1) is 11.3 Å². The molecule has 7 nitrogen and oxygen atoms in total. The van der Waals surface area contributed by atoms with Gasteiger partial charge in [0.25, 0.3) is 0 Å². The van der Waals surface area contributed by atoms with Gasteiger partial charge in [-0.05, 0) is 42.9 Å². The Labute approximate surface area is 153 Å². The van der Waals surface area contributed by atoms with Crippen molar-refractivity contribution in [2.45, 2.75) is 39.7 Å². The van der Waals surface area contributed by atoms with Gasteiger partial charge in [-0.15, -0.1) is 0 Å². The van der Waals surface area contributed by atoms with E-state index in [0.717, 1.165) is 18.4 Å². The summed E-state index contributed by atoms with van der Waals surface area (Å²) in [5, 5.41) is 11.8. The molecule has 26 heavy (non-hydrogen) atoms. The second kappa shape index (κ2) is 8.21. The fourth-order valence-corrected chi connectivity index (χ4v) is 3.29. The molecule has 1 fully saturated rings. The molecular formula is C19H27N3O4. The van der Waals surface area contributed by atoms with Crippen LogP contribution in [-0.2, 0) is 11.3 Å². The van der Waals surface area contributed by atoms with Gasteiger partial charge in [0.2, 0.25) is 5.91 Å². The number of hydrogen-bond donors (Lipinski definition) is 3. The molecule has 0 aliphatic carbocycles. The lowest BCUT2D eigenvalue weighted by molar-refractivity contribution is -0.127. The van der Waals surface area contributed by atoms with Crippen LogP contribution in [-0.4, -0.2) is 41.0 Å². The molecule has 2 rings (SSSR count). The zero-order valence-corrected chi connectivity index (χ0v) is 15.3. The van der Waals surface area contributed by atoms with E-state index < -0.39 is 11.4 Å². The van der Waals surface area contributed by atoms with E-state index in [1.807, 2.05) is 13.8 Å². The molecule has 1 saturated heterocycles. The third-order valence-corrected chi connectivity index (χ3v) is 4.92. The summed E-state index contributed by atoms with van der Waals surface area (Å²) in [5.74, 6) is -1.03. The molecule has 1 aliphatic heterocycles. The van der Waals surface area contributed by atoms with Crippen molar-refractivity contribution < 1.29 is 19.5 Å². The summed E-state index contributed by atoms with van der Waals surface area (Å²) in [6.45, 7) is 5.33. The largest absolute Gasteiger partial charge is 0.478 e. The molecule has 3 amide bonds. The number of likely N-dealkylation sites (tertiary alicyclic amines) is 1. The molecule has 1 unspecified atom stereocenters. The van der Waals surface area contributed by atoms with Gasteiger partial charge in [-0.25, -0.2) is 9.59 Å². The highest BCUT2D eigenvalue weighted by Gasteiger charge is 2.32. The van der Waals surface area contributed by atoms with Crippen molar-refractivity contribution in [3.8, 4) is 0 Å². The first-order valence-electron chi connectivity index (χ1n) is 8.84. The third-order valence-electron chi connectivity index (χ3n) is 4.92. The van der Waals surface area contributed by atoms with Gasteiger partial charge in [0.05, 0.1) is 5.56 Å². The summed E-state index contributed by atoms with van der Waals surface area (Å²) in [5.41, 5.74) is 5.94. The van der Waals surface area contributed by atoms with Crippen LogP contribution in [0.3, 0.4) is 0 Å². The molecule has 0 spiro atoms. The maximum Gasteiger partial charge on any atom is 0.335 e. The van der Waals surface area contributed by atoms with E-state index in [9.17, 15) is 14.4 Å². The average Bonchev–Trinajstić information content (AvgIpc) is 2.59. The average molecular weight is 361 g/mol. The number of primary amides is 1. The summed E-state index contributed by atoms with van der Waals surface area (Å²) in [6.07, 6.45) is 2.56. The van der Waals surface area contributed by atoms with Crippen molar-refractivity contribution in [3.63, 3.8) is 0 Å². The Morgan fingerprint density at radius 2 is 1.92 bits per heavy atom. The van der Waals surface area contributed by atoms with Crippen molar-refractivity contribution in [1.82, 2.24) is 10.2 Å². The summed E-state index contributed by atoms with van der Waals surface area (Å²) >= 11 is 0. The Morgan fingerprint density at radius 1 is 1.27 bits per heavy atom. The molecule has 1 aromatic rings. The van der Waals surface area contributed by atoms with Crippen LogP contribution >= 0.6 is 0 Å². The molecule has 142 valence electrons.